The number of likely N-dealkylation sites (tertiary alicyclic amines) is 1. The van der Waals surface area contributed by atoms with Crippen molar-refractivity contribution in [2.75, 3.05) is 33.4 Å². The number of piperidine rings is 1. The molecule has 0 spiro atoms. The Bertz CT molecular complexity index is 342. The van der Waals surface area contributed by atoms with Crippen LogP contribution in [0.4, 0.5) is 4.79 Å². The minimum Gasteiger partial charge on any atom is -0.444 e. The third-order valence-corrected chi connectivity index (χ3v) is 3.98. The zero-order chi connectivity index (χ0) is 16.8. The number of carbonyl (C=O) groups excluding carboxylic acids is 1. The number of nitrogens with zero attached hydrogens (tertiary/aromatic N) is 1. The van der Waals surface area contributed by atoms with E-state index in [1.165, 1.54) is 6.42 Å². The van der Waals surface area contributed by atoms with E-state index in [2.05, 4.69) is 10.2 Å². The van der Waals surface area contributed by atoms with E-state index in [0.717, 1.165) is 26.1 Å². The van der Waals surface area contributed by atoms with E-state index < -0.39 is 5.60 Å². The number of hydrogen-bond donors (Lipinski definition) is 2. The minimum atomic E-state index is -0.489. The van der Waals surface area contributed by atoms with E-state index in [1.807, 2.05) is 27.7 Å². The Morgan fingerprint density at radius 1 is 1.45 bits per heavy atom. The second kappa shape index (κ2) is 8.70. The number of carbonyl (C=O) groups is 1. The molecule has 22 heavy (non-hydrogen) atoms. The predicted octanol–water partition coefficient (Wildman–Crippen LogP) is 1.59. The Balaban J connectivity index is 2.56. The zero-order valence-corrected chi connectivity index (χ0v) is 14.7. The van der Waals surface area contributed by atoms with Crippen LogP contribution in [0.1, 0.15) is 40.5 Å². The maximum atomic E-state index is 11.9. The van der Waals surface area contributed by atoms with Crippen LogP contribution >= 0.6 is 0 Å². The SMILES string of the molecule is COCC1CCCN(C(CN)C(C)NC(=O)OC(C)(C)C)C1. The Labute approximate surface area is 134 Å². The first-order chi connectivity index (χ1) is 10.3. The number of ether oxygens (including phenoxy) is 2. The van der Waals surface area contributed by atoms with Crippen LogP contribution in [0.2, 0.25) is 0 Å². The van der Waals surface area contributed by atoms with E-state index in [4.69, 9.17) is 15.2 Å². The molecule has 6 nitrogen and oxygen atoms in total. The van der Waals surface area contributed by atoms with Crippen LogP contribution in [0, 0.1) is 5.92 Å². The van der Waals surface area contributed by atoms with Crippen molar-refractivity contribution in [3.05, 3.63) is 0 Å². The Morgan fingerprint density at radius 3 is 2.68 bits per heavy atom. The molecule has 0 saturated carbocycles. The van der Waals surface area contributed by atoms with Crippen molar-refractivity contribution in [1.29, 1.82) is 0 Å². The van der Waals surface area contributed by atoms with Crippen LogP contribution in [0.3, 0.4) is 0 Å². The van der Waals surface area contributed by atoms with Gasteiger partial charge in [-0.05, 0) is 53.0 Å². The second-order valence-corrected chi connectivity index (χ2v) is 7.20. The van der Waals surface area contributed by atoms with Crippen molar-refractivity contribution in [3.63, 3.8) is 0 Å². The summed E-state index contributed by atoms with van der Waals surface area (Å²) < 4.78 is 10.6. The molecule has 0 radical (unpaired) electrons. The average molecular weight is 315 g/mol. The number of nitrogens with one attached hydrogen (secondary N) is 1. The van der Waals surface area contributed by atoms with E-state index in [9.17, 15) is 4.79 Å². The summed E-state index contributed by atoms with van der Waals surface area (Å²) in [6, 6.07) is 0.0633. The summed E-state index contributed by atoms with van der Waals surface area (Å²) in [6.45, 7) is 10.8. The van der Waals surface area contributed by atoms with Gasteiger partial charge in [-0.25, -0.2) is 4.79 Å². The van der Waals surface area contributed by atoms with Crippen molar-refractivity contribution in [1.82, 2.24) is 10.2 Å². The summed E-state index contributed by atoms with van der Waals surface area (Å²) in [4.78, 5) is 14.3. The fourth-order valence-corrected chi connectivity index (χ4v) is 3.03. The number of nitrogens with two attached hydrogens (primary N) is 1. The Hall–Kier alpha value is -0.850. The highest BCUT2D eigenvalue weighted by Crippen LogP contribution is 2.20. The standard InChI is InChI=1S/C16H33N3O3/c1-12(18-15(20)22-16(2,3)4)14(9-17)19-8-6-7-13(10-19)11-21-5/h12-14H,6-11,17H2,1-5H3,(H,18,20). The fraction of sp³-hybridized carbons (Fsp3) is 0.938. The molecule has 3 unspecified atom stereocenters. The summed E-state index contributed by atoms with van der Waals surface area (Å²) >= 11 is 0. The van der Waals surface area contributed by atoms with Gasteiger partial charge in [0.05, 0.1) is 6.61 Å². The molecule has 1 saturated heterocycles. The van der Waals surface area contributed by atoms with Gasteiger partial charge < -0.3 is 20.5 Å². The molecule has 1 rings (SSSR count). The maximum absolute atomic E-state index is 11.9. The lowest BCUT2D eigenvalue weighted by Gasteiger charge is -2.40. The van der Waals surface area contributed by atoms with Crippen LogP contribution in [0.25, 0.3) is 0 Å². The molecule has 0 bridgehead atoms. The smallest absolute Gasteiger partial charge is 0.407 e. The van der Waals surface area contributed by atoms with Crippen LogP contribution in [-0.2, 0) is 9.47 Å². The minimum absolute atomic E-state index is 0.0545. The van der Waals surface area contributed by atoms with Crippen molar-refractivity contribution >= 4 is 6.09 Å². The highest BCUT2D eigenvalue weighted by Gasteiger charge is 2.30. The molecule has 6 heteroatoms. The topological polar surface area (TPSA) is 76.8 Å². The molecule has 1 aliphatic heterocycles. The van der Waals surface area contributed by atoms with Crippen LogP contribution in [0.5, 0.6) is 0 Å². The fourth-order valence-electron chi connectivity index (χ4n) is 3.03. The van der Waals surface area contributed by atoms with E-state index in [1.54, 1.807) is 7.11 Å². The van der Waals surface area contributed by atoms with Crippen molar-refractivity contribution < 1.29 is 14.3 Å². The van der Waals surface area contributed by atoms with Gasteiger partial charge in [0.1, 0.15) is 5.60 Å². The number of alkyl carbamates (subject to hydrolysis) is 1. The van der Waals surface area contributed by atoms with Crippen molar-refractivity contribution in [2.45, 2.75) is 58.2 Å². The summed E-state index contributed by atoms with van der Waals surface area (Å²) in [5.74, 6) is 0.543. The normalized spacial score (nSPS) is 22.9. The lowest BCUT2D eigenvalue weighted by Crippen LogP contribution is -2.56. The van der Waals surface area contributed by atoms with Gasteiger partial charge in [0.15, 0.2) is 0 Å². The molecular weight excluding hydrogens is 282 g/mol. The molecule has 0 aromatic rings. The summed E-state index contributed by atoms with van der Waals surface area (Å²) in [6.07, 6.45) is 1.95. The molecule has 0 aromatic heterocycles. The summed E-state index contributed by atoms with van der Waals surface area (Å²) in [7, 11) is 1.74. The second-order valence-electron chi connectivity index (χ2n) is 7.20. The molecule has 1 heterocycles. The zero-order valence-electron chi connectivity index (χ0n) is 14.7. The lowest BCUT2D eigenvalue weighted by atomic mass is 9.96. The third kappa shape index (κ3) is 6.50. The molecular formula is C16H33N3O3. The quantitative estimate of drug-likeness (QED) is 0.778. The third-order valence-electron chi connectivity index (χ3n) is 3.98. The first-order valence-electron chi connectivity index (χ1n) is 8.19. The lowest BCUT2D eigenvalue weighted by molar-refractivity contribution is 0.0394. The van der Waals surface area contributed by atoms with Gasteiger partial charge in [-0.2, -0.15) is 0 Å². The Morgan fingerprint density at radius 2 is 2.14 bits per heavy atom. The van der Waals surface area contributed by atoms with E-state index in [-0.39, 0.29) is 18.2 Å². The van der Waals surface area contributed by atoms with Gasteiger partial charge in [-0.15, -0.1) is 0 Å². The van der Waals surface area contributed by atoms with Crippen molar-refractivity contribution in [2.24, 2.45) is 11.7 Å². The summed E-state index contributed by atoms with van der Waals surface area (Å²) in [5, 5.41) is 2.92. The van der Waals surface area contributed by atoms with Gasteiger partial charge in [-0.1, -0.05) is 0 Å². The van der Waals surface area contributed by atoms with Crippen molar-refractivity contribution in [3.8, 4) is 0 Å². The van der Waals surface area contributed by atoms with Gasteiger partial charge in [-0.3, -0.25) is 4.90 Å². The molecule has 1 fully saturated rings. The first kappa shape index (κ1) is 19.2. The van der Waals surface area contributed by atoms with Crippen LogP contribution in [-0.4, -0.2) is 62.0 Å². The first-order valence-corrected chi connectivity index (χ1v) is 8.19. The van der Waals surface area contributed by atoms with E-state index in [0.29, 0.717) is 12.5 Å². The number of methoxy groups -OCH3 is 1. The van der Waals surface area contributed by atoms with E-state index >= 15 is 0 Å². The molecule has 130 valence electrons. The highest BCUT2D eigenvalue weighted by molar-refractivity contribution is 5.68. The largest absolute Gasteiger partial charge is 0.444 e. The molecule has 3 N–H and O–H groups in total. The number of hydrogen-bond acceptors (Lipinski definition) is 5. The molecule has 3 atom stereocenters. The van der Waals surface area contributed by atoms with Gasteiger partial charge >= 0.3 is 6.09 Å². The van der Waals surface area contributed by atoms with Gasteiger partial charge in [0.25, 0.3) is 0 Å². The predicted molar refractivity (Wildman–Crippen MR) is 87.8 cm³/mol. The average Bonchev–Trinajstić information content (AvgIpc) is 2.38. The van der Waals surface area contributed by atoms with Crippen LogP contribution < -0.4 is 11.1 Å². The number of amides is 1. The Kier molecular flexibility index (Phi) is 7.59. The molecule has 0 aromatic carbocycles. The van der Waals surface area contributed by atoms with Gasteiger partial charge in [0, 0.05) is 32.3 Å². The summed E-state index contributed by atoms with van der Waals surface area (Å²) in [5.41, 5.74) is 5.47. The number of rotatable bonds is 6. The maximum Gasteiger partial charge on any atom is 0.407 e. The molecule has 1 aliphatic rings. The van der Waals surface area contributed by atoms with Crippen LogP contribution in [0.15, 0.2) is 0 Å². The van der Waals surface area contributed by atoms with Gasteiger partial charge in [0.2, 0.25) is 0 Å². The molecule has 0 aliphatic carbocycles. The molecule has 1 amide bonds. The highest BCUT2D eigenvalue weighted by atomic mass is 16.6. The monoisotopic (exact) mass is 315 g/mol.